The van der Waals surface area contributed by atoms with Crippen LogP contribution < -0.4 is 0 Å². The van der Waals surface area contributed by atoms with Crippen LogP contribution >= 0.6 is 0 Å². The van der Waals surface area contributed by atoms with Gasteiger partial charge in [0.05, 0.1) is 52.9 Å². The third-order valence-corrected chi connectivity index (χ3v) is 4.08. The van der Waals surface area contributed by atoms with Gasteiger partial charge in [0.2, 0.25) is 0 Å². The molecular weight excluding hydrogens is 358 g/mol. The summed E-state index contributed by atoms with van der Waals surface area (Å²) in [7, 11) is 0. The molecule has 1 saturated heterocycles. The van der Waals surface area contributed by atoms with Crippen LogP contribution in [-0.4, -0.2) is 70.8 Å². The molecular formula is C21H26N3O4. The van der Waals surface area contributed by atoms with Crippen LogP contribution in [0.1, 0.15) is 0 Å². The number of rotatable bonds is 3. The average molecular weight is 384 g/mol. The maximum atomic E-state index is 9.01. The number of hydrogen-bond acceptors (Lipinski definition) is 7. The average Bonchev–Trinajstić information content (AvgIpc) is 3.24. The molecule has 0 spiro atoms. The zero-order chi connectivity index (χ0) is 19.9. The molecule has 0 unspecified atom stereocenters. The molecule has 0 amide bonds. The van der Waals surface area contributed by atoms with Crippen molar-refractivity contribution in [2.24, 2.45) is 0 Å². The third kappa shape index (κ3) is 8.41. The Kier molecular flexibility index (Phi) is 11.3. The van der Waals surface area contributed by atoms with Gasteiger partial charge in [0.25, 0.3) is 0 Å². The smallest absolute Gasteiger partial charge is 0.129 e. The van der Waals surface area contributed by atoms with Gasteiger partial charge in [0, 0.05) is 24.7 Å². The molecule has 1 heterocycles. The van der Waals surface area contributed by atoms with Gasteiger partial charge in [0.15, 0.2) is 0 Å². The Labute approximate surface area is 168 Å². The molecule has 0 aromatic carbocycles. The molecule has 0 atom stereocenters. The molecule has 0 bridgehead atoms. The molecule has 2 aliphatic rings. The van der Waals surface area contributed by atoms with E-state index in [-0.39, 0.29) is 5.57 Å². The van der Waals surface area contributed by atoms with Gasteiger partial charge in [0.1, 0.15) is 17.7 Å². The first-order valence-corrected chi connectivity index (χ1v) is 9.35. The van der Waals surface area contributed by atoms with E-state index >= 15 is 0 Å². The monoisotopic (exact) mass is 384 g/mol. The van der Waals surface area contributed by atoms with Gasteiger partial charge in [-0.1, -0.05) is 0 Å². The van der Waals surface area contributed by atoms with E-state index in [0.717, 1.165) is 11.6 Å². The molecule has 7 heteroatoms. The molecule has 5 radical (unpaired) electrons. The Morgan fingerprint density at radius 1 is 0.750 bits per heavy atom. The normalized spacial score (nSPS) is 21.8. The molecule has 0 N–H and O–H groups in total. The predicted octanol–water partition coefficient (Wildman–Crippen LogP) is 1.63. The van der Waals surface area contributed by atoms with Crippen LogP contribution in [0.2, 0.25) is 0 Å². The zero-order valence-corrected chi connectivity index (χ0v) is 16.0. The van der Waals surface area contributed by atoms with Crippen molar-refractivity contribution >= 4 is 0 Å². The van der Waals surface area contributed by atoms with Gasteiger partial charge in [-0.25, -0.2) is 0 Å². The van der Waals surface area contributed by atoms with Gasteiger partial charge in [-0.2, -0.15) is 10.5 Å². The van der Waals surface area contributed by atoms with Crippen molar-refractivity contribution in [3.05, 3.63) is 55.0 Å². The molecule has 28 heavy (non-hydrogen) atoms. The molecule has 1 aliphatic heterocycles. The lowest BCUT2D eigenvalue weighted by Gasteiger charge is -2.30. The van der Waals surface area contributed by atoms with E-state index in [1.807, 2.05) is 37.8 Å². The van der Waals surface area contributed by atoms with E-state index in [1.54, 1.807) is 12.2 Å². The topological polar surface area (TPSA) is 87.7 Å². The van der Waals surface area contributed by atoms with Crippen molar-refractivity contribution in [3.8, 4) is 12.1 Å². The van der Waals surface area contributed by atoms with Crippen molar-refractivity contribution in [3.63, 3.8) is 0 Å². The van der Waals surface area contributed by atoms with Crippen molar-refractivity contribution < 1.29 is 18.9 Å². The van der Waals surface area contributed by atoms with E-state index in [9.17, 15) is 0 Å². The summed E-state index contributed by atoms with van der Waals surface area (Å²) in [4.78, 5) is 2.14. The highest BCUT2D eigenvalue weighted by Gasteiger charge is 2.25. The first kappa shape index (κ1) is 22.4. The molecule has 7 nitrogen and oxygen atoms in total. The summed E-state index contributed by atoms with van der Waals surface area (Å²) in [5, 5.41) is 18.0. The van der Waals surface area contributed by atoms with Gasteiger partial charge in [-0.05, 0) is 37.8 Å². The Morgan fingerprint density at radius 3 is 1.68 bits per heavy atom. The van der Waals surface area contributed by atoms with Gasteiger partial charge >= 0.3 is 0 Å². The van der Waals surface area contributed by atoms with Crippen LogP contribution in [-0.2, 0) is 18.9 Å². The second kappa shape index (κ2) is 14.1. The molecule has 2 fully saturated rings. The summed E-state index contributed by atoms with van der Waals surface area (Å²) in [6, 6.07) is 3.78. The second-order valence-corrected chi connectivity index (χ2v) is 5.97. The lowest BCUT2D eigenvalue weighted by atomic mass is 10.0. The van der Waals surface area contributed by atoms with Crippen LogP contribution in [0.25, 0.3) is 0 Å². The molecule has 1 aliphatic carbocycles. The number of ether oxygens (including phenoxy) is 4. The molecule has 0 aromatic rings. The fourth-order valence-corrected chi connectivity index (χ4v) is 2.65. The predicted molar refractivity (Wildman–Crippen MR) is 103 cm³/mol. The van der Waals surface area contributed by atoms with Crippen molar-refractivity contribution in [2.45, 2.75) is 0 Å². The summed E-state index contributed by atoms with van der Waals surface area (Å²) in [6.45, 7) is 5.56. The lowest BCUT2D eigenvalue weighted by molar-refractivity contribution is 0.00206. The summed E-state index contributed by atoms with van der Waals surface area (Å²) in [5.74, 6) is 1.01. The minimum absolute atomic E-state index is 0.0594. The Morgan fingerprint density at radius 2 is 1.21 bits per heavy atom. The minimum Gasteiger partial charge on any atom is -0.377 e. The van der Waals surface area contributed by atoms with Crippen LogP contribution in [0.4, 0.5) is 0 Å². The van der Waals surface area contributed by atoms with Gasteiger partial charge < -0.3 is 23.8 Å². The SMILES string of the molecule is N#CC(C#N)=C/C=C(/[C]1[CH][CH][CH][CH]1)N1CCOCCOCCOCCOCC1. The van der Waals surface area contributed by atoms with E-state index in [4.69, 9.17) is 29.5 Å². The Balaban J connectivity index is 2.08. The van der Waals surface area contributed by atoms with Gasteiger partial charge in [-0.15, -0.1) is 0 Å². The molecule has 2 rings (SSSR count). The number of nitriles is 2. The highest BCUT2D eigenvalue weighted by molar-refractivity contribution is 5.49. The fourth-order valence-electron chi connectivity index (χ4n) is 2.65. The number of hydrogen-bond donors (Lipinski definition) is 0. The van der Waals surface area contributed by atoms with E-state index in [2.05, 4.69) is 4.90 Å². The highest BCUT2D eigenvalue weighted by Crippen LogP contribution is 2.32. The summed E-state index contributed by atoms with van der Waals surface area (Å²) >= 11 is 0. The first-order valence-electron chi connectivity index (χ1n) is 9.35. The molecule has 1 saturated carbocycles. The van der Waals surface area contributed by atoms with Crippen LogP contribution in [0.3, 0.4) is 0 Å². The maximum Gasteiger partial charge on any atom is 0.129 e. The summed E-state index contributed by atoms with van der Waals surface area (Å²) in [6.07, 6.45) is 11.3. The number of nitrogens with zero attached hydrogens (tertiary/aromatic N) is 3. The number of allylic oxidation sites excluding steroid dienone is 4. The van der Waals surface area contributed by atoms with E-state index in [1.165, 1.54) is 0 Å². The van der Waals surface area contributed by atoms with Crippen LogP contribution in [0.5, 0.6) is 0 Å². The largest absolute Gasteiger partial charge is 0.377 e. The third-order valence-electron chi connectivity index (χ3n) is 4.08. The van der Waals surface area contributed by atoms with Crippen molar-refractivity contribution in [1.29, 1.82) is 10.5 Å². The Bertz CT molecular complexity index is 553. The summed E-state index contributed by atoms with van der Waals surface area (Å²) in [5.41, 5.74) is 0.973. The van der Waals surface area contributed by atoms with Crippen LogP contribution in [0, 0.1) is 54.3 Å². The van der Waals surface area contributed by atoms with Crippen LogP contribution in [0.15, 0.2) is 23.4 Å². The van der Waals surface area contributed by atoms with Gasteiger partial charge in [-0.3, -0.25) is 0 Å². The van der Waals surface area contributed by atoms with Crippen molar-refractivity contribution in [2.75, 3.05) is 65.9 Å². The molecule has 149 valence electrons. The highest BCUT2D eigenvalue weighted by atomic mass is 16.6. The standard InChI is InChI=1S/C21H26N3O4/c22-17-19(18-23)5-6-21(20-3-1-2-4-20)24-7-9-25-11-13-27-15-16-28-14-12-26-10-8-24/h1-6H,7-16H2/b21-6-. The van der Waals surface area contributed by atoms with E-state index in [0.29, 0.717) is 65.9 Å². The molecule has 0 aromatic heterocycles. The first-order chi connectivity index (χ1) is 13.8. The quantitative estimate of drug-likeness (QED) is 0.540. The lowest BCUT2D eigenvalue weighted by Crippen LogP contribution is -2.33. The zero-order valence-electron chi connectivity index (χ0n) is 16.0. The Hall–Kier alpha value is -1.90. The minimum atomic E-state index is 0.0594. The summed E-state index contributed by atoms with van der Waals surface area (Å²) < 4.78 is 22.3. The van der Waals surface area contributed by atoms with E-state index < -0.39 is 0 Å². The van der Waals surface area contributed by atoms with Crippen molar-refractivity contribution in [1.82, 2.24) is 4.90 Å². The maximum absolute atomic E-state index is 9.01. The fraction of sp³-hybridized carbons (Fsp3) is 0.476. The second-order valence-electron chi connectivity index (χ2n) is 5.97.